The van der Waals surface area contributed by atoms with Crippen LogP contribution < -0.4 is 5.56 Å². The van der Waals surface area contributed by atoms with Crippen LogP contribution in [0.2, 0.25) is 0 Å². The van der Waals surface area contributed by atoms with Crippen LogP contribution in [0.1, 0.15) is 48.7 Å². The molecule has 5 rings (SSSR count). The molecule has 3 aromatic carbocycles. The molecule has 1 aliphatic rings. The summed E-state index contributed by atoms with van der Waals surface area (Å²) in [5, 5.41) is 13.6. The Hall–Kier alpha value is -4.84. The van der Waals surface area contributed by atoms with E-state index < -0.39 is 11.8 Å². The van der Waals surface area contributed by atoms with E-state index in [9.17, 15) is 14.0 Å². The maximum Gasteiger partial charge on any atom is 0.303 e. The van der Waals surface area contributed by atoms with Gasteiger partial charge in [0, 0.05) is 24.8 Å². The molecule has 0 radical (unpaired) electrons. The fourth-order valence-electron chi connectivity index (χ4n) is 4.48. The molecule has 4 aromatic rings. The highest BCUT2D eigenvalue weighted by Gasteiger charge is 2.24. The predicted molar refractivity (Wildman–Crippen MR) is 140 cm³/mol. The van der Waals surface area contributed by atoms with E-state index in [4.69, 9.17) is 21.5 Å². The summed E-state index contributed by atoms with van der Waals surface area (Å²) >= 11 is 0. The van der Waals surface area contributed by atoms with Crippen LogP contribution in [-0.2, 0) is 16.1 Å². The number of fused-ring (bicyclic) bond motifs is 1. The molecular weight excluding hydrogens is 487 g/mol. The van der Waals surface area contributed by atoms with Gasteiger partial charge < -0.3 is 9.94 Å². The summed E-state index contributed by atoms with van der Waals surface area (Å²) in [6.07, 6.45) is 1.63. The van der Waals surface area contributed by atoms with Crippen LogP contribution >= 0.6 is 0 Å². The second-order valence-electron chi connectivity index (χ2n) is 9.02. The SMILES string of the molecule is [C-]#[N+]c1ccc(C2CC(c3ccc4c(=O)n(-c5ccc(F)cc5)c(CCCCC(=O)O)nc4c3)=NO2)cc1. The van der Waals surface area contributed by atoms with Crippen molar-refractivity contribution in [2.24, 2.45) is 5.16 Å². The van der Waals surface area contributed by atoms with E-state index in [-0.39, 0.29) is 18.1 Å². The van der Waals surface area contributed by atoms with Crippen LogP contribution in [0.3, 0.4) is 0 Å². The summed E-state index contributed by atoms with van der Waals surface area (Å²) in [6, 6.07) is 18.1. The molecule has 9 heteroatoms. The minimum absolute atomic E-state index is 0.0279. The number of halogens is 1. The van der Waals surface area contributed by atoms with Crippen LogP contribution in [-0.4, -0.2) is 26.3 Å². The molecule has 8 nitrogen and oxygen atoms in total. The third-order valence-electron chi connectivity index (χ3n) is 6.46. The van der Waals surface area contributed by atoms with Crippen molar-refractivity contribution in [3.63, 3.8) is 0 Å². The third kappa shape index (κ3) is 5.15. The van der Waals surface area contributed by atoms with Gasteiger partial charge in [0.15, 0.2) is 11.8 Å². The number of carboxylic acid groups (broad SMARTS) is 1. The zero-order valence-corrected chi connectivity index (χ0v) is 20.3. The van der Waals surface area contributed by atoms with Gasteiger partial charge in [0.2, 0.25) is 0 Å². The number of hydrogen-bond acceptors (Lipinski definition) is 5. The summed E-state index contributed by atoms with van der Waals surface area (Å²) in [6.45, 7) is 7.10. The Morgan fingerprint density at radius 1 is 1.11 bits per heavy atom. The molecule has 0 saturated heterocycles. The van der Waals surface area contributed by atoms with E-state index in [0.717, 1.165) is 16.8 Å². The molecule has 2 heterocycles. The zero-order valence-electron chi connectivity index (χ0n) is 20.3. The molecule has 190 valence electrons. The quantitative estimate of drug-likeness (QED) is 0.241. The maximum absolute atomic E-state index is 13.6. The minimum Gasteiger partial charge on any atom is -0.481 e. The molecule has 0 amide bonds. The number of nitrogens with zero attached hydrogens (tertiary/aromatic N) is 4. The molecule has 38 heavy (non-hydrogen) atoms. The monoisotopic (exact) mass is 510 g/mol. The highest BCUT2D eigenvalue weighted by Crippen LogP contribution is 2.31. The number of aryl methyl sites for hydroxylation is 1. The van der Waals surface area contributed by atoms with Gasteiger partial charge in [0.1, 0.15) is 11.6 Å². The lowest BCUT2D eigenvalue weighted by Gasteiger charge is -2.14. The van der Waals surface area contributed by atoms with E-state index in [1.807, 2.05) is 12.1 Å². The average molecular weight is 511 g/mol. The average Bonchev–Trinajstić information content (AvgIpc) is 3.42. The number of carbonyl (C=O) groups is 1. The molecule has 0 aliphatic carbocycles. The van der Waals surface area contributed by atoms with Gasteiger partial charge in [-0.2, -0.15) is 0 Å². The van der Waals surface area contributed by atoms with Gasteiger partial charge in [-0.15, -0.1) is 0 Å². The molecule has 0 fully saturated rings. The van der Waals surface area contributed by atoms with Crippen molar-refractivity contribution in [3.05, 3.63) is 111 Å². The lowest BCUT2D eigenvalue weighted by atomic mass is 9.99. The number of rotatable bonds is 8. The standard InChI is InChI=1S/C29H23FN4O4/c1-31-21-11-6-18(7-12-21)26-17-24(33-38-26)19-8-15-23-25(16-19)32-27(4-2-3-5-28(35)36)34(29(23)37)22-13-9-20(30)10-14-22/h6-16,26H,2-5,17H2,(H,35,36). The van der Waals surface area contributed by atoms with Crippen molar-refractivity contribution in [1.29, 1.82) is 0 Å². The van der Waals surface area contributed by atoms with E-state index in [1.165, 1.54) is 28.8 Å². The first kappa shape index (κ1) is 24.8. The van der Waals surface area contributed by atoms with E-state index in [0.29, 0.717) is 53.8 Å². The molecule has 1 N–H and O–H groups in total. The number of oxime groups is 1. The van der Waals surface area contributed by atoms with Gasteiger partial charge >= 0.3 is 5.97 Å². The van der Waals surface area contributed by atoms with E-state index in [2.05, 4.69) is 10.0 Å². The van der Waals surface area contributed by atoms with Gasteiger partial charge in [-0.1, -0.05) is 35.5 Å². The molecule has 1 aliphatic heterocycles. The number of unbranched alkanes of at least 4 members (excludes halogenated alkanes) is 1. The van der Waals surface area contributed by atoms with Crippen LogP contribution in [0.25, 0.3) is 21.4 Å². The first-order valence-corrected chi connectivity index (χ1v) is 12.2. The van der Waals surface area contributed by atoms with Gasteiger partial charge in [0.25, 0.3) is 5.56 Å². The van der Waals surface area contributed by atoms with Crippen LogP contribution in [0.15, 0.2) is 76.7 Å². The topological polar surface area (TPSA) is 98.1 Å². The Morgan fingerprint density at radius 2 is 1.87 bits per heavy atom. The van der Waals surface area contributed by atoms with Crippen molar-refractivity contribution in [1.82, 2.24) is 9.55 Å². The molecule has 1 atom stereocenters. The lowest BCUT2D eigenvalue weighted by Crippen LogP contribution is -2.24. The Labute approximate surface area is 217 Å². The van der Waals surface area contributed by atoms with Gasteiger partial charge in [0.05, 0.1) is 28.9 Å². The Morgan fingerprint density at radius 3 is 2.58 bits per heavy atom. The largest absolute Gasteiger partial charge is 0.481 e. The fourth-order valence-corrected chi connectivity index (χ4v) is 4.48. The molecule has 0 spiro atoms. The smallest absolute Gasteiger partial charge is 0.303 e. The normalized spacial score (nSPS) is 14.6. The van der Waals surface area contributed by atoms with Gasteiger partial charge in [-0.3, -0.25) is 14.2 Å². The van der Waals surface area contributed by atoms with Gasteiger partial charge in [-0.25, -0.2) is 14.2 Å². The first-order valence-electron chi connectivity index (χ1n) is 12.2. The highest BCUT2D eigenvalue weighted by molar-refractivity contribution is 6.03. The van der Waals surface area contributed by atoms with Crippen molar-refractivity contribution in [2.45, 2.75) is 38.2 Å². The van der Waals surface area contributed by atoms with Gasteiger partial charge in [-0.05, 0) is 54.8 Å². The van der Waals surface area contributed by atoms with Crippen molar-refractivity contribution in [2.75, 3.05) is 0 Å². The molecule has 0 bridgehead atoms. The Bertz CT molecular complexity index is 1640. The summed E-state index contributed by atoms with van der Waals surface area (Å²) in [5.41, 5.74) is 3.67. The summed E-state index contributed by atoms with van der Waals surface area (Å²) in [7, 11) is 0. The second kappa shape index (κ2) is 10.6. The van der Waals surface area contributed by atoms with Crippen molar-refractivity contribution < 1.29 is 19.1 Å². The second-order valence-corrected chi connectivity index (χ2v) is 9.02. The zero-order chi connectivity index (χ0) is 26.6. The highest BCUT2D eigenvalue weighted by atomic mass is 19.1. The molecular formula is C29H23FN4O4. The van der Waals surface area contributed by atoms with Crippen LogP contribution in [0.4, 0.5) is 10.1 Å². The Kier molecular flexibility index (Phi) is 6.96. The predicted octanol–water partition coefficient (Wildman–Crippen LogP) is 5.74. The molecule has 1 unspecified atom stereocenters. The van der Waals surface area contributed by atoms with Crippen molar-refractivity contribution >= 4 is 28.3 Å². The number of aliphatic carboxylic acids is 1. The maximum atomic E-state index is 13.6. The number of hydrogen-bond donors (Lipinski definition) is 1. The summed E-state index contributed by atoms with van der Waals surface area (Å²) in [4.78, 5) is 38.3. The number of benzene rings is 3. The molecule has 1 aromatic heterocycles. The summed E-state index contributed by atoms with van der Waals surface area (Å²) < 4.78 is 15.0. The van der Waals surface area contributed by atoms with Crippen molar-refractivity contribution in [3.8, 4) is 5.69 Å². The fraction of sp³-hybridized carbons (Fsp3) is 0.207. The minimum atomic E-state index is -0.878. The van der Waals surface area contributed by atoms with Crippen LogP contribution in [0.5, 0.6) is 0 Å². The first-order chi connectivity index (χ1) is 18.4. The number of aromatic nitrogens is 2. The summed E-state index contributed by atoms with van der Waals surface area (Å²) in [5.74, 6) is -0.820. The van der Waals surface area contributed by atoms with E-state index >= 15 is 0 Å². The third-order valence-corrected chi connectivity index (χ3v) is 6.46. The molecule has 0 saturated carbocycles. The number of carboxylic acids is 1. The lowest BCUT2D eigenvalue weighted by molar-refractivity contribution is -0.137. The Balaban J connectivity index is 1.47. The van der Waals surface area contributed by atoms with E-state index in [1.54, 1.807) is 30.3 Å². The van der Waals surface area contributed by atoms with Crippen LogP contribution in [0, 0.1) is 12.4 Å².